The van der Waals surface area contributed by atoms with Crippen molar-refractivity contribution in [3.05, 3.63) is 85.1 Å². The molecule has 2 atom stereocenters. The normalized spacial score (nSPS) is 14.6. The van der Waals surface area contributed by atoms with Crippen LogP contribution in [0.3, 0.4) is 0 Å². The van der Waals surface area contributed by atoms with Crippen molar-refractivity contribution < 1.29 is 32.8 Å². The summed E-state index contributed by atoms with van der Waals surface area (Å²) in [5.41, 5.74) is 5.34. The molecule has 8 nitrogen and oxygen atoms in total. The van der Waals surface area contributed by atoms with Gasteiger partial charge in [-0.2, -0.15) is 0 Å². The molecule has 50 heavy (non-hydrogen) atoms. The molecule has 0 heterocycles. The van der Waals surface area contributed by atoms with Crippen LogP contribution in [0.4, 0.5) is 0 Å². The Morgan fingerprint density at radius 3 is 1.68 bits per heavy atom. The maximum Gasteiger partial charge on any atom is 0.472 e. The maximum atomic E-state index is 12.5. The first-order valence-electron chi connectivity index (χ1n) is 19.1. The number of rotatable bonds is 35. The molecule has 0 radical (unpaired) electrons. The molecule has 0 saturated heterocycles. The lowest BCUT2D eigenvalue weighted by Crippen LogP contribution is -2.28. The Morgan fingerprint density at radius 2 is 1.12 bits per heavy atom. The summed E-state index contributed by atoms with van der Waals surface area (Å²) in [5, 5.41) is 0. The average Bonchev–Trinajstić information content (AvgIpc) is 3.10. The number of hydrogen-bond acceptors (Lipinski definition) is 7. The number of hydrogen-bond donors (Lipinski definition) is 2. The highest BCUT2D eigenvalue weighted by molar-refractivity contribution is 7.47. The Kier molecular flexibility index (Phi) is 36.2. The van der Waals surface area contributed by atoms with Crippen LogP contribution < -0.4 is 5.73 Å². The minimum atomic E-state index is -4.30. The van der Waals surface area contributed by atoms with E-state index in [0.717, 1.165) is 64.2 Å². The van der Waals surface area contributed by atoms with Crippen LogP contribution in [0.15, 0.2) is 85.1 Å². The van der Waals surface area contributed by atoms with Crippen molar-refractivity contribution >= 4 is 13.8 Å². The first-order valence-corrected chi connectivity index (χ1v) is 20.6. The van der Waals surface area contributed by atoms with Gasteiger partial charge in [-0.25, -0.2) is 4.57 Å². The van der Waals surface area contributed by atoms with Crippen LogP contribution in [0, 0.1) is 0 Å². The van der Waals surface area contributed by atoms with Crippen LogP contribution in [0.25, 0.3) is 0 Å². The van der Waals surface area contributed by atoms with E-state index in [1.54, 1.807) is 0 Å². The van der Waals surface area contributed by atoms with Gasteiger partial charge in [-0.1, -0.05) is 137 Å². The molecule has 286 valence electrons. The second-order valence-electron chi connectivity index (χ2n) is 12.1. The van der Waals surface area contributed by atoms with E-state index in [2.05, 4.69) is 86.8 Å². The lowest BCUT2D eigenvalue weighted by atomic mass is 10.1. The highest BCUT2D eigenvalue weighted by atomic mass is 31.2. The molecule has 0 fully saturated rings. The van der Waals surface area contributed by atoms with Gasteiger partial charge in [0, 0.05) is 19.6 Å². The van der Waals surface area contributed by atoms with Gasteiger partial charge in [-0.05, 0) is 70.6 Å². The van der Waals surface area contributed by atoms with Crippen LogP contribution in [0.1, 0.15) is 129 Å². The number of esters is 1. The first kappa shape index (κ1) is 47.7. The van der Waals surface area contributed by atoms with E-state index in [9.17, 15) is 14.3 Å². The lowest BCUT2D eigenvalue weighted by molar-refractivity contribution is -0.154. The smallest absolute Gasteiger partial charge is 0.457 e. The zero-order valence-electron chi connectivity index (χ0n) is 31.3. The minimum absolute atomic E-state index is 0.0763. The van der Waals surface area contributed by atoms with Crippen molar-refractivity contribution in [2.45, 2.75) is 136 Å². The van der Waals surface area contributed by atoms with Crippen LogP contribution >= 0.6 is 7.82 Å². The molecule has 0 amide bonds. The summed E-state index contributed by atoms with van der Waals surface area (Å²) in [4.78, 5) is 22.3. The number of ether oxygens (including phenoxy) is 2. The molecule has 0 aromatic carbocycles. The Bertz CT molecular complexity index is 1030. The molecule has 0 rings (SSSR count). The monoisotopic (exact) mass is 719 g/mol. The van der Waals surface area contributed by atoms with Crippen LogP contribution in [0.2, 0.25) is 0 Å². The largest absolute Gasteiger partial charge is 0.472 e. The molecular weight excluding hydrogens is 649 g/mol. The number of unbranched alkanes of at least 4 members (excludes halogenated alkanes) is 8. The van der Waals surface area contributed by atoms with Gasteiger partial charge in [0.1, 0.15) is 6.10 Å². The predicted octanol–water partition coefficient (Wildman–Crippen LogP) is 11.0. The van der Waals surface area contributed by atoms with E-state index in [4.69, 9.17) is 24.3 Å². The lowest BCUT2D eigenvalue weighted by Gasteiger charge is -2.19. The van der Waals surface area contributed by atoms with Crippen molar-refractivity contribution in [2.24, 2.45) is 5.73 Å². The van der Waals surface area contributed by atoms with Crippen molar-refractivity contribution in [1.29, 1.82) is 0 Å². The Balaban J connectivity index is 4.27. The Labute approximate surface area is 305 Å². The van der Waals surface area contributed by atoms with E-state index >= 15 is 0 Å². The summed E-state index contributed by atoms with van der Waals surface area (Å²) >= 11 is 0. The number of phosphoric ester groups is 1. The fraction of sp³-hybridized carbons (Fsp3) is 0.634. The van der Waals surface area contributed by atoms with E-state index in [0.29, 0.717) is 13.0 Å². The molecule has 0 saturated carbocycles. The summed E-state index contributed by atoms with van der Waals surface area (Å²) in [7, 11) is -4.30. The van der Waals surface area contributed by atoms with Crippen molar-refractivity contribution in [1.82, 2.24) is 0 Å². The third kappa shape index (κ3) is 36.9. The maximum absolute atomic E-state index is 12.5. The van der Waals surface area contributed by atoms with Crippen LogP contribution in [-0.2, 0) is 27.9 Å². The number of allylic oxidation sites excluding steroid dienone is 14. The minimum Gasteiger partial charge on any atom is -0.457 e. The average molecular weight is 720 g/mol. The van der Waals surface area contributed by atoms with Gasteiger partial charge in [-0.3, -0.25) is 13.8 Å². The molecular formula is C41H70NO7P. The predicted molar refractivity (Wildman–Crippen MR) is 210 cm³/mol. The fourth-order valence-electron chi connectivity index (χ4n) is 4.53. The summed E-state index contributed by atoms with van der Waals surface area (Å²) in [6.45, 7) is 4.62. The molecule has 0 aromatic heterocycles. The van der Waals surface area contributed by atoms with E-state index < -0.39 is 19.9 Å². The zero-order chi connectivity index (χ0) is 36.6. The third-order valence-electron chi connectivity index (χ3n) is 7.31. The number of phosphoric acid groups is 1. The molecule has 0 aromatic rings. The molecule has 3 N–H and O–H groups in total. The quantitative estimate of drug-likeness (QED) is 0.0288. The van der Waals surface area contributed by atoms with Gasteiger partial charge in [0.25, 0.3) is 0 Å². The SMILES string of the molecule is CC/C=C\C/C=C\C/C=C\C/C=C\C/C=C\C/C=C\CCC(=O)OC(COCCCCCCCC/C=C\CCCC)COP(=O)(O)OCCN. The number of nitrogens with two attached hydrogens (primary N) is 1. The van der Waals surface area contributed by atoms with E-state index in [-0.39, 0.29) is 32.8 Å². The van der Waals surface area contributed by atoms with Gasteiger partial charge < -0.3 is 20.1 Å². The van der Waals surface area contributed by atoms with Crippen molar-refractivity contribution in [3.8, 4) is 0 Å². The summed E-state index contributed by atoms with van der Waals surface area (Å²) in [6, 6.07) is 0. The molecule has 9 heteroatoms. The topological polar surface area (TPSA) is 117 Å². The highest BCUT2D eigenvalue weighted by Gasteiger charge is 2.25. The van der Waals surface area contributed by atoms with Gasteiger partial charge >= 0.3 is 13.8 Å². The van der Waals surface area contributed by atoms with Gasteiger partial charge in [0.2, 0.25) is 0 Å². The fourth-order valence-corrected chi connectivity index (χ4v) is 5.30. The summed E-state index contributed by atoms with van der Waals surface area (Å²) < 4.78 is 33.2. The molecule has 2 unspecified atom stereocenters. The van der Waals surface area contributed by atoms with E-state index in [1.807, 2.05) is 12.2 Å². The summed E-state index contributed by atoms with van der Waals surface area (Å²) in [5.74, 6) is -0.419. The van der Waals surface area contributed by atoms with Gasteiger partial charge in [0.05, 0.1) is 19.8 Å². The molecule has 0 aliphatic rings. The van der Waals surface area contributed by atoms with Gasteiger partial charge in [-0.15, -0.1) is 0 Å². The first-order chi connectivity index (χ1) is 24.4. The molecule has 0 aliphatic heterocycles. The van der Waals surface area contributed by atoms with Crippen LogP contribution in [0.5, 0.6) is 0 Å². The molecule has 0 spiro atoms. The standard InChI is InChI=1S/C41H70NO7P/c1-3-5-7-9-11-13-15-17-18-19-20-21-22-23-24-26-28-30-32-34-41(43)49-40(39-48-50(44,45)47-37-35-42)38-46-36-33-31-29-27-25-16-14-12-10-8-6-4-2/h5,7,10-13,17-18,20-21,23-24,28,30,40H,3-4,6,8-9,14-16,19,22,25-27,29,31-39,42H2,1-2H3,(H,44,45)/b7-5-,12-10-,13-11-,18-17-,21-20-,24-23-,30-28-. The van der Waals surface area contributed by atoms with Gasteiger partial charge in [0.15, 0.2) is 0 Å². The zero-order valence-corrected chi connectivity index (χ0v) is 32.2. The van der Waals surface area contributed by atoms with Crippen molar-refractivity contribution in [3.63, 3.8) is 0 Å². The Hall–Kier alpha value is -2.32. The second kappa shape index (κ2) is 37.9. The van der Waals surface area contributed by atoms with Crippen LogP contribution in [-0.4, -0.2) is 49.9 Å². The number of carbonyl (C=O) groups excluding carboxylic acids is 1. The highest BCUT2D eigenvalue weighted by Crippen LogP contribution is 2.43. The number of carbonyl (C=O) groups is 1. The van der Waals surface area contributed by atoms with E-state index in [1.165, 1.54) is 38.5 Å². The summed E-state index contributed by atoms with van der Waals surface area (Å²) in [6.07, 6.45) is 47.5. The molecule has 0 aliphatic carbocycles. The van der Waals surface area contributed by atoms with Crippen molar-refractivity contribution in [2.75, 3.05) is 33.0 Å². The Morgan fingerprint density at radius 1 is 0.620 bits per heavy atom. The second-order valence-corrected chi connectivity index (χ2v) is 13.5. The third-order valence-corrected chi connectivity index (χ3v) is 8.29. The molecule has 0 bridgehead atoms.